The second kappa shape index (κ2) is 6.67. The van der Waals surface area contributed by atoms with Gasteiger partial charge in [0.2, 0.25) is 5.13 Å². The van der Waals surface area contributed by atoms with Crippen LogP contribution < -0.4 is 9.60 Å². The molecule has 0 atom stereocenters. The van der Waals surface area contributed by atoms with Crippen LogP contribution in [-0.4, -0.2) is 28.9 Å². The predicted octanol–water partition coefficient (Wildman–Crippen LogP) is 2.53. The molecule has 2 aromatic heterocycles. The first-order valence-electron chi connectivity index (χ1n) is 6.60. The molecule has 0 aliphatic heterocycles. The number of hydrogen-bond donors (Lipinski definition) is 1. The van der Waals surface area contributed by atoms with Gasteiger partial charge in [-0.25, -0.2) is 8.42 Å². The first-order valence-corrected chi connectivity index (χ1v) is 10.7. The van der Waals surface area contributed by atoms with E-state index in [0.717, 1.165) is 22.7 Å². The Labute approximate surface area is 150 Å². The van der Waals surface area contributed by atoms with Crippen molar-refractivity contribution in [2.45, 2.75) is 9.24 Å². The van der Waals surface area contributed by atoms with E-state index in [-0.39, 0.29) is 14.9 Å². The molecule has 11 heteroatoms. The fraction of sp³-hybridized carbons (Fsp3) is 0.154. The maximum atomic E-state index is 12.5. The summed E-state index contributed by atoms with van der Waals surface area (Å²) in [6, 6.07) is 4.57. The summed E-state index contributed by atoms with van der Waals surface area (Å²) in [5.41, 5.74) is 0.697. The lowest BCUT2D eigenvalue weighted by Gasteiger charge is -2.04. The molecule has 0 saturated heterocycles. The van der Waals surface area contributed by atoms with Gasteiger partial charge < -0.3 is 4.57 Å². The number of thioether (sulfide) groups is 1. The Morgan fingerprint density at radius 3 is 2.92 bits per heavy atom. The third kappa shape index (κ3) is 3.38. The normalized spacial score (nSPS) is 11.7. The van der Waals surface area contributed by atoms with Crippen LogP contribution in [0.4, 0.5) is 5.13 Å². The van der Waals surface area contributed by atoms with E-state index in [0.29, 0.717) is 20.3 Å². The zero-order valence-corrected chi connectivity index (χ0v) is 15.7. The van der Waals surface area contributed by atoms with Crippen LogP contribution in [0, 0.1) is 0 Å². The van der Waals surface area contributed by atoms with Crippen molar-refractivity contribution in [1.29, 1.82) is 0 Å². The van der Waals surface area contributed by atoms with Crippen LogP contribution >= 0.6 is 34.4 Å². The Bertz CT molecular complexity index is 1060. The molecule has 3 aromatic rings. The number of sulfonamides is 1. The smallest absolute Gasteiger partial charge is 0.302 e. The van der Waals surface area contributed by atoms with Gasteiger partial charge in [0.15, 0.2) is 4.34 Å². The summed E-state index contributed by atoms with van der Waals surface area (Å²) in [5.74, 6) is 0.672. The van der Waals surface area contributed by atoms with E-state index < -0.39 is 10.0 Å². The lowest BCUT2D eigenvalue weighted by molar-refractivity contribution is 0.601. The van der Waals surface area contributed by atoms with Gasteiger partial charge in [-0.3, -0.25) is 9.52 Å². The number of anilines is 1. The second-order valence-corrected chi connectivity index (χ2v) is 9.56. The highest BCUT2D eigenvalue weighted by Gasteiger charge is 2.18. The summed E-state index contributed by atoms with van der Waals surface area (Å²) in [6.07, 6.45) is 1.73. The topological polar surface area (TPSA) is 94.0 Å². The quantitative estimate of drug-likeness (QED) is 0.505. The molecule has 24 heavy (non-hydrogen) atoms. The standard InChI is InChI=1S/C13H12N4O3S4/c1-3-6-21-12-15-14-11(23-12)16-24(19,20)8-4-5-9-10(7-8)22-13(18)17(9)2/h3-5,7H,1,6H2,2H3,(H,14,16). The van der Waals surface area contributed by atoms with Gasteiger partial charge >= 0.3 is 4.87 Å². The monoisotopic (exact) mass is 400 g/mol. The summed E-state index contributed by atoms with van der Waals surface area (Å²) < 4.78 is 30.1. The van der Waals surface area contributed by atoms with Crippen LogP contribution in [0.5, 0.6) is 0 Å². The third-order valence-corrected chi connectivity index (χ3v) is 7.46. The van der Waals surface area contributed by atoms with Crippen molar-refractivity contribution < 1.29 is 8.42 Å². The number of fused-ring (bicyclic) bond motifs is 1. The molecule has 0 amide bonds. The first-order chi connectivity index (χ1) is 11.4. The molecule has 0 fully saturated rings. The highest BCUT2D eigenvalue weighted by molar-refractivity contribution is 8.01. The van der Waals surface area contributed by atoms with Crippen molar-refractivity contribution >= 4 is 59.8 Å². The van der Waals surface area contributed by atoms with Gasteiger partial charge in [-0.1, -0.05) is 40.5 Å². The zero-order chi connectivity index (χ0) is 17.3. The molecule has 0 bridgehead atoms. The van der Waals surface area contributed by atoms with Crippen molar-refractivity contribution in [3.05, 3.63) is 40.5 Å². The van der Waals surface area contributed by atoms with Gasteiger partial charge in [0.05, 0.1) is 15.1 Å². The van der Waals surface area contributed by atoms with E-state index in [1.807, 2.05) is 0 Å². The maximum Gasteiger partial charge on any atom is 0.307 e. The number of rotatable bonds is 6. The fourth-order valence-electron chi connectivity index (χ4n) is 1.89. The average Bonchev–Trinajstić information content (AvgIpc) is 3.09. The number of aryl methyl sites for hydroxylation is 1. The molecule has 0 spiro atoms. The Kier molecular flexibility index (Phi) is 4.76. The predicted molar refractivity (Wildman–Crippen MR) is 98.7 cm³/mol. The minimum Gasteiger partial charge on any atom is -0.302 e. The minimum atomic E-state index is -3.79. The SMILES string of the molecule is C=CCSc1nnc(NS(=O)(=O)c2ccc3c(c2)sc(=O)n3C)s1. The van der Waals surface area contributed by atoms with Crippen LogP contribution in [0.25, 0.3) is 10.2 Å². The Hall–Kier alpha value is -1.69. The molecule has 0 unspecified atom stereocenters. The minimum absolute atomic E-state index is 0.0762. The Balaban J connectivity index is 1.88. The number of hydrogen-bond acceptors (Lipinski definition) is 8. The van der Waals surface area contributed by atoms with Crippen molar-refractivity contribution in [2.24, 2.45) is 7.05 Å². The largest absolute Gasteiger partial charge is 0.307 e. The average molecular weight is 401 g/mol. The van der Waals surface area contributed by atoms with E-state index in [1.54, 1.807) is 19.2 Å². The number of aromatic nitrogens is 3. The summed E-state index contributed by atoms with van der Waals surface area (Å²) in [5, 5.41) is 7.94. The van der Waals surface area contributed by atoms with Crippen LogP contribution in [0.3, 0.4) is 0 Å². The molecule has 0 saturated carbocycles. The van der Waals surface area contributed by atoms with Crippen molar-refractivity contribution in [3.63, 3.8) is 0 Å². The number of nitrogens with zero attached hydrogens (tertiary/aromatic N) is 3. The molecular weight excluding hydrogens is 388 g/mol. The van der Waals surface area contributed by atoms with E-state index in [1.165, 1.54) is 28.5 Å². The van der Waals surface area contributed by atoms with Gasteiger partial charge in [0, 0.05) is 12.8 Å². The highest BCUT2D eigenvalue weighted by atomic mass is 32.2. The molecule has 2 heterocycles. The maximum absolute atomic E-state index is 12.5. The van der Waals surface area contributed by atoms with E-state index in [2.05, 4.69) is 21.5 Å². The van der Waals surface area contributed by atoms with Gasteiger partial charge in [-0.15, -0.1) is 16.8 Å². The van der Waals surface area contributed by atoms with Crippen LogP contribution in [-0.2, 0) is 17.1 Å². The molecule has 0 radical (unpaired) electrons. The molecular formula is C13H12N4O3S4. The summed E-state index contributed by atoms with van der Waals surface area (Å²) >= 11 is 3.59. The van der Waals surface area contributed by atoms with Crippen LogP contribution in [0.15, 0.2) is 44.9 Å². The van der Waals surface area contributed by atoms with Crippen molar-refractivity contribution in [3.8, 4) is 0 Å². The molecule has 3 rings (SSSR count). The van der Waals surface area contributed by atoms with Gasteiger partial charge in [-0.2, -0.15) is 0 Å². The number of benzene rings is 1. The summed E-state index contributed by atoms with van der Waals surface area (Å²) in [6.45, 7) is 3.62. The van der Waals surface area contributed by atoms with Crippen LogP contribution in [0.1, 0.15) is 0 Å². The fourth-order valence-corrected chi connectivity index (χ4v) is 5.66. The second-order valence-electron chi connectivity index (χ2n) is 4.63. The van der Waals surface area contributed by atoms with Crippen molar-refractivity contribution in [2.75, 3.05) is 10.5 Å². The van der Waals surface area contributed by atoms with Crippen molar-refractivity contribution in [1.82, 2.24) is 14.8 Å². The number of nitrogens with one attached hydrogen (secondary N) is 1. The molecule has 0 aliphatic rings. The molecule has 1 aromatic carbocycles. The number of thiazole rings is 1. The highest BCUT2D eigenvalue weighted by Crippen LogP contribution is 2.28. The lowest BCUT2D eigenvalue weighted by atomic mass is 10.3. The Morgan fingerprint density at radius 2 is 2.17 bits per heavy atom. The zero-order valence-electron chi connectivity index (χ0n) is 12.4. The van der Waals surface area contributed by atoms with Gasteiger partial charge in [-0.05, 0) is 18.2 Å². The van der Waals surface area contributed by atoms with Gasteiger partial charge in [0.1, 0.15) is 0 Å². The van der Waals surface area contributed by atoms with Gasteiger partial charge in [0.25, 0.3) is 10.0 Å². The molecule has 7 nitrogen and oxygen atoms in total. The molecule has 1 N–H and O–H groups in total. The van der Waals surface area contributed by atoms with E-state index in [4.69, 9.17) is 0 Å². The Morgan fingerprint density at radius 1 is 1.38 bits per heavy atom. The lowest BCUT2D eigenvalue weighted by Crippen LogP contribution is -2.12. The summed E-state index contributed by atoms with van der Waals surface area (Å²) in [7, 11) is -2.14. The molecule has 126 valence electrons. The third-order valence-electron chi connectivity index (χ3n) is 3.03. The summed E-state index contributed by atoms with van der Waals surface area (Å²) in [4.78, 5) is 11.6. The molecule has 0 aliphatic carbocycles. The van der Waals surface area contributed by atoms with Crippen LogP contribution in [0.2, 0.25) is 0 Å². The van der Waals surface area contributed by atoms with E-state index >= 15 is 0 Å². The van der Waals surface area contributed by atoms with E-state index in [9.17, 15) is 13.2 Å². The first kappa shape index (κ1) is 17.1.